The summed E-state index contributed by atoms with van der Waals surface area (Å²) in [6.45, 7) is 3.53. The Bertz CT molecular complexity index is 605. The maximum atomic E-state index is 10.7. The van der Waals surface area contributed by atoms with Crippen molar-refractivity contribution in [1.82, 2.24) is 24.5 Å². The van der Waals surface area contributed by atoms with Gasteiger partial charge in [0.15, 0.2) is 0 Å². The first-order valence-electron chi connectivity index (χ1n) is 7.00. The molecule has 2 heterocycles. The van der Waals surface area contributed by atoms with Crippen LogP contribution in [0.25, 0.3) is 0 Å². The van der Waals surface area contributed by atoms with E-state index in [9.17, 15) is 5.11 Å². The number of aliphatic hydroxyl groups excluding tert-OH is 1. The lowest BCUT2D eigenvalue weighted by molar-refractivity contribution is 0.196. The summed E-state index contributed by atoms with van der Waals surface area (Å²) in [4.78, 5) is 2.06. The van der Waals surface area contributed by atoms with Crippen LogP contribution in [0, 0.1) is 0 Å². The van der Waals surface area contributed by atoms with Crippen LogP contribution in [0.2, 0.25) is 5.02 Å². The lowest BCUT2D eigenvalue weighted by Gasteiger charge is -2.16. The van der Waals surface area contributed by atoms with Gasteiger partial charge in [-0.25, -0.2) is 0 Å². The zero-order valence-electron chi connectivity index (χ0n) is 12.9. The highest BCUT2D eigenvalue weighted by molar-refractivity contribution is 6.31. The lowest BCUT2D eigenvalue weighted by atomic mass is 10.1. The second kappa shape index (κ2) is 6.60. The van der Waals surface area contributed by atoms with Crippen LogP contribution in [0.4, 0.5) is 0 Å². The van der Waals surface area contributed by atoms with Crippen molar-refractivity contribution in [3.05, 3.63) is 34.4 Å². The molecule has 0 saturated carbocycles. The molecule has 0 aromatic carbocycles. The van der Waals surface area contributed by atoms with Gasteiger partial charge >= 0.3 is 0 Å². The molecule has 2 aromatic heterocycles. The third-order valence-electron chi connectivity index (χ3n) is 3.46. The summed E-state index contributed by atoms with van der Waals surface area (Å²) in [6.07, 6.45) is 1.57. The number of nitrogens with zero attached hydrogens (tertiary/aromatic N) is 5. The van der Waals surface area contributed by atoms with Gasteiger partial charge in [-0.3, -0.25) is 9.36 Å². The van der Waals surface area contributed by atoms with E-state index in [0.717, 1.165) is 24.4 Å². The number of hydrogen-bond acceptors (Lipinski definition) is 4. The third-order valence-corrected chi connectivity index (χ3v) is 3.75. The summed E-state index contributed by atoms with van der Waals surface area (Å²) in [5, 5.41) is 19.8. The molecule has 0 fully saturated rings. The van der Waals surface area contributed by atoms with Crippen molar-refractivity contribution < 1.29 is 5.11 Å². The van der Waals surface area contributed by atoms with Crippen molar-refractivity contribution in [2.24, 2.45) is 7.05 Å². The molecule has 2 aromatic rings. The molecule has 0 aliphatic carbocycles. The minimum Gasteiger partial charge on any atom is -0.380 e. The second-order valence-corrected chi connectivity index (χ2v) is 5.75. The van der Waals surface area contributed by atoms with E-state index in [1.54, 1.807) is 15.6 Å². The van der Waals surface area contributed by atoms with Gasteiger partial charge in [0.05, 0.1) is 34.8 Å². The SMILES string of the molecule is CCc1cc(C(O)c2c(Cl)cnn2CCN(C)C)n(C)n1. The molecule has 1 N–H and O–H groups in total. The van der Waals surface area contributed by atoms with Gasteiger partial charge in [0.1, 0.15) is 6.10 Å². The molecular formula is C14H22ClN5O. The van der Waals surface area contributed by atoms with E-state index in [1.807, 2.05) is 34.1 Å². The van der Waals surface area contributed by atoms with Crippen LogP contribution < -0.4 is 0 Å². The van der Waals surface area contributed by atoms with E-state index in [-0.39, 0.29) is 0 Å². The van der Waals surface area contributed by atoms with Crippen LogP contribution in [0.5, 0.6) is 0 Å². The monoisotopic (exact) mass is 311 g/mol. The average molecular weight is 312 g/mol. The molecule has 0 saturated heterocycles. The third kappa shape index (κ3) is 3.45. The van der Waals surface area contributed by atoms with Gasteiger partial charge in [0.25, 0.3) is 0 Å². The van der Waals surface area contributed by atoms with Crippen LogP contribution in [-0.4, -0.2) is 50.2 Å². The Balaban J connectivity index is 2.31. The topological polar surface area (TPSA) is 59.1 Å². The minimum atomic E-state index is -0.833. The van der Waals surface area contributed by atoms with Crippen molar-refractivity contribution in [3.8, 4) is 0 Å². The highest BCUT2D eigenvalue weighted by Crippen LogP contribution is 2.28. The Morgan fingerprint density at radius 2 is 2.14 bits per heavy atom. The van der Waals surface area contributed by atoms with Gasteiger partial charge in [0, 0.05) is 13.6 Å². The molecule has 1 unspecified atom stereocenters. The molecule has 1 atom stereocenters. The maximum Gasteiger partial charge on any atom is 0.139 e. The van der Waals surface area contributed by atoms with Gasteiger partial charge in [-0.2, -0.15) is 10.2 Å². The smallest absolute Gasteiger partial charge is 0.139 e. The fourth-order valence-electron chi connectivity index (χ4n) is 2.23. The van der Waals surface area contributed by atoms with Crippen LogP contribution in [0.1, 0.15) is 30.1 Å². The highest BCUT2D eigenvalue weighted by Gasteiger charge is 2.23. The first-order valence-corrected chi connectivity index (χ1v) is 7.38. The molecule has 116 valence electrons. The van der Waals surface area contributed by atoms with Crippen LogP contribution in [0.3, 0.4) is 0 Å². The molecule has 0 bridgehead atoms. The molecule has 0 spiro atoms. The number of likely N-dealkylation sites (N-methyl/N-ethyl adjacent to an activating group) is 1. The summed E-state index contributed by atoms with van der Waals surface area (Å²) in [5.41, 5.74) is 2.28. The summed E-state index contributed by atoms with van der Waals surface area (Å²) in [7, 11) is 5.82. The van der Waals surface area contributed by atoms with Crippen molar-refractivity contribution in [1.29, 1.82) is 0 Å². The normalized spacial score (nSPS) is 13.1. The van der Waals surface area contributed by atoms with Crippen molar-refractivity contribution >= 4 is 11.6 Å². The van der Waals surface area contributed by atoms with E-state index in [1.165, 1.54) is 0 Å². The summed E-state index contributed by atoms with van der Waals surface area (Å²) < 4.78 is 3.45. The van der Waals surface area contributed by atoms with Crippen molar-refractivity contribution in [2.45, 2.75) is 26.0 Å². The van der Waals surface area contributed by atoms with E-state index in [2.05, 4.69) is 15.1 Å². The molecule has 2 rings (SSSR count). The van der Waals surface area contributed by atoms with E-state index >= 15 is 0 Å². The summed E-state index contributed by atoms with van der Waals surface area (Å²) in [5.74, 6) is 0. The van der Waals surface area contributed by atoms with Crippen molar-refractivity contribution in [2.75, 3.05) is 20.6 Å². The van der Waals surface area contributed by atoms with Gasteiger partial charge in [0.2, 0.25) is 0 Å². The molecular weight excluding hydrogens is 290 g/mol. The van der Waals surface area contributed by atoms with Crippen LogP contribution in [-0.2, 0) is 20.0 Å². The summed E-state index contributed by atoms with van der Waals surface area (Å²) >= 11 is 6.21. The predicted octanol–water partition coefficient (Wildman–Crippen LogP) is 1.48. The number of hydrogen-bond donors (Lipinski definition) is 1. The van der Waals surface area contributed by atoms with Crippen molar-refractivity contribution in [3.63, 3.8) is 0 Å². The quantitative estimate of drug-likeness (QED) is 0.878. The maximum absolute atomic E-state index is 10.7. The molecule has 0 amide bonds. The Kier molecular flexibility index (Phi) is 5.03. The zero-order valence-corrected chi connectivity index (χ0v) is 13.7. The molecule has 7 heteroatoms. The Labute approximate surface area is 129 Å². The van der Waals surface area contributed by atoms with Gasteiger partial charge in [-0.15, -0.1) is 0 Å². The molecule has 0 radical (unpaired) electrons. The highest BCUT2D eigenvalue weighted by atomic mass is 35.5. The van der Waals surface area contributed by atoms with E-state index < -0.39 is 6.10 Å². The number of rotatable bonds is 6. The molecule has 0 aliphatic rings. The first-order chi connectivity index (χ1) is 9.93. The molecule has 21 heavy (non-hydrogen) atoms. The number of aryl methyl sites for hydroxylation is 2. The summed E-state index contributed by atoms with van der Waals surface area (Å²) in [6, 6.07) is 1.91. The fourth-order valence-corrected chi connectivity index (χ4v) is 2.47. The Morgan fingerprint density at radius 3 is 2.71 bits per heavy atom. The predicted molar refractivity (Wildman–Crippen MR) is 82.4 cm³/mol. The fraction of sp³-hybridized carbons (Fsp3) is 0.571. The van der Waals surface area contributed by atoms with Crippen LogP contribution in [0.15, 0.2) is 12.3 Å². The number of aliphatic hydroxyl groups is 1. The average Bonchev–Trinajstić information content (AvgIpc) is 2.99. The Morgan fingerprint density at radius 1 is 1.43 bits per heavy atom. The zero-order chi connectivity index (χ0) is 15.6. The van der Waals surface area contributed by atoms with Gasteiger partial charge < -0.3 is 10.0 Å². The van der Waals surface area contributed by atoms with E-state index in [4.69, 9.17) is 11.6 Å². The largest absolute Gasteiger partial charge is 0.380 e. The second-order valence-electron chi connectivity index (χ2n) is 5.34. The standard InChI is InChI=1S/C14H22ClN5O/c1-5-10-8-12(19(4)17-10)14(21)13-11(15)9-16-20(13)7-6-18(2)3/h8-9,14,21H,5-7H2,1-4H3. The van der Waals surface area contributed by atoms with Crippen LogP contribution >= 0.6 is 11.6 Å². The first kappa shape index (κ1) is 16.0. The Hall–Kier alpha value is -1.37. The number of halogens is 1. The van der Waals surface area contributed by atoms with Gasteiger partial charge in [-0.1, -0.05) is 18.5 Å². The molecule has 6 nitrogen and oxygen atoms in total. The van der Waals surface area contributed by atoms with Gasteiger partial charge in [-0.05, 0) is 26.6 Å². The minimum absolute atomic E-state index is 0.473. The number of aromatic nitrogens is 4. The van der Waals surface area contributed by atoms with E-state index in [0.29, 0.717) is 17.3 Å². The lowest BCUT2D eigenvalue weighted by Crippen LogP contribution is -2.21. The molecule has 0 aliphatic heterocycles.